The minimum absolute atomic E-state index is 0.151. The fraction of sp³-hybridized carbons (Fsp3) is 0.909. The molecule has 1 aliphatic rings. The topological polar surface area (TPSA) is 29.3 Å². The van der Waals surface area contributed by atoms with Crippen LogP contribution < -0.4 is 0 Å². The lowest BCUT2D eigenvalue weighted by atomic mass is 10.2. The van der Waals surface area contributed by atoms with Gasteiger partial charge < -0.3 is 9.64 Å². The predicted molar refractivity (Wildman–Crippen MR) is 64.7 cm³/mol. The van der Waals surface area contributed by atoms with Crippen LogP contribution in [0.2, 0.25) is 19.6 Å². The van der Waals surface area contributed by atoms with Crippen molar-refractivity contribution in [1.82, 2.24) is 4.90 Å². The van der Waals surface area contributed by atoms with Crippen LogP contribution in [0.4, 0.5) is 4.79 Å². The highest BCUT2D eigenvalue weighted by atomic mass is 28.3. The Morgan fingerprint density at radius 3 is 2.00 bits per heavy atom. The molecule has 0 spiro atoms. The molecule has 3 nitrogen and oxygen atoms in total. The first-order valence-electron chi connectivity index (χ1n) is 5.55. The molecule has 4 heteroatoms. The number of ether oxygens (including phenoxy) is 1. The number of carbonyl (C=O) groups is 1. The lowest BCUT2D eigenvalue weighted by Gasteiger charge is -2.21. The quantitative estimate of drug-likeness (QED) is 0.511. The molecule has 1 rings (SSSR count). The first-order chi connectivity index (χ1) is 6.54. The maximum Gasteiger partial charge on any atom is 0.410 e. The van der Waals surface area contributed by atoms with Crippen molar-refractivity contribution in [1.29, 1.82) is 0 Å². The largest absolute Gasteiger partial charge is 0.444 e. The molecular weight excluding hydrogens is 206 g/mol. The lowest BCUT2D eigenvalue weighted by Crippen LogP contribution is -2.35. The molecule has 1 aliphatic heterocycles. The summed E-state index contributed by atoms with van der Waals surface area (Å²) in [6.07, 6.45) is -0.151. The van der Waals surface area contributed by atoms with Crippen molar-refractivity contribution in [2.45, 2.75) is 64.6 Å². The zero-order valence-corrected chi connectivity index (χ0v) is 11.9. The van der Waals surface area contributed by atoms with E-state index in [9.17, 15) is 4.79 Å². The molecule has 0 saturated carbocycles. The fourth-order valence-electron chi connectivity index (χ4n) is 2.08. The summed E-state index contributed by atoms with van der Waals surface area (Å²) >= 11 is 0. The molecule has 2 atom stereocenters. The van der Waals surface area contributed by atoms with Gasteiger partial charge in [-0.1, -0.05) is 19.6 Å². The predicted octanol–water partition coefficient (Wildman–Crippen LogP) is 2.87. The summed E-state index contributed by atoms with van der Waals surface area (Å²) in [5.74, 6) is 0. The summed E-state index contributed by atoms with van der Waals surface area (Å²) in [6, 6.07) is 0.367. The second-order valence-electron chi connectivity index (χ2n) is 6.44. The van der Waals surface area contributed by atoms with E-state index in [1.807, 2.05) is 25.7 Å². The van der Waals surface area contributed by atoms with Gasteiger partial charge in [0.15, 0.2) is 0 Å². The smallest absolute Gasteiger partial charge is 0.410 e. The number of amides is 1. The van der Waals surface area contributed by atoms with Gasteiger partial charge in [-0.3, -0.25) is 0 Å². The molecule has 0 aromatic heterocycles. The van der Waals surface area contributed by atoms with Gasteiger partial charge in [0.25, 0.3) is 0 Å². The van der Waals surface area contributed by atoms with Crippen LogP contribution in [0.25, 0.3) is 0 Å². The average Bonchev–Trinajstić information content (AvgIpc) is 2.55. The third-order valence-electron chi connectivity index (χ3n) is 2.60. The van der Waals surface area contributed by atoms with Crippen LogP contribution in [0.3, 0.4) is 0 Å². The molecule has 2 unspecified atom stereocenters. The second-order valence-corrected chi connectivity index (χ2v) is 11.8. The van der Waals surface area contributed by atoms with Crippen LogP contribution >= 0.6 is 0 Å². The summed E-state index contributed by atoms with van der Waals surface area (Å²) in [7, 11) is -1.26. The Balaban J connectivity index is 2.59. The van der Waals surface area contributed by atoms with Gasteiger partial charge in [0.1, 0.15) is 5.60 Å². The highest BCUT2D eigenvalue weighted by Crippen LogP contribution is 2.36. The first kappa shape index (κ1) is 12.6. The highest BCUT2D eigenvalue weighted by Gasteiger charge is 2.55. The van der Waals surface area contributed by atoms with Crippen molar-refractivity contribution in [2.24, 2.45) is 0 Å². The summed E-state index contributed by atoms with van der Waals surface area (Å²) in [4.78, 5) is 13.7. The minimum atomic E-state index is -1.26. The van der Waals surface area contributed by atoms with Crippen molar-refractivity contribution in [2.75, 3.05) is 0 Å². The average molecular weight is 229 g/mol. The van der Waals surface area contributed by atoms with Gasteiger partial charge in [-0.25, -0.2) is 4.79 Å². The number of hydrogen-bond donors (Lipinski definition) is 0. The van der Waals surface area contributed by atoms with Crippen LogP contribution in [-0.4, -0.2) is 36.4 Å². The normalized spacial score (nSPS) is 26.5. The zero-order chi connectivity index (χ0) is 12.0. The number of carbonyl (C=O) groups excluding carboxylic acids is 1. The van der Waals surface area contributed by atoms with E-state index in [0.29, 0.717) is 11.7 Å². The van der Waals surface area contributed by atoms with Gasteiger partial charge in [0.05, 0.1) is 14.1 Å². The Kier molecular flexibility index (Phi) is 2.94. The van der Waals surface area contributed by atoms with Crippen molar-refractivity contribution in [3.8, 4) is 0 Å². The van der Waals surface area contributed by atoms with Crippen molar-refractivity contribution in [3.05, 3.63) is 0 Å². The molecule has 0 N–H and O–H groups in total. The number of hydrogen-bond acceptors (Lipinski definition) is 2. The molecule has 0 aliphatic carbocycles. The molecule has 1 amide bonds. The third-order valence-corrected chi connectivity index (χ3v) is 5.13. The molecule has 1 heterocycles. The van der Waals surface area contributed by atoms with Gasteiger partial charge in [0.2, 0.25) is 0 Å². The minimum Gasteiger partial charge on any atom is -0.444 e. The van der Waals surface area contributed by atoms with Gasteiger partial charge in [-0.2, -0.15) is 0 Å². The molecular formula is C11H23NO2Si. The Bertz CT molecular complexity index is 265. The van der Waals surface area contributed by atoms with Crippen LogP contribution in [0.5, 0.6) is 0 Å². The summed E-state index contributed by atoms with van der Waals surface area (Å²) in [5, 5.41) is 0. The molecule has 0 radical (unpaired) electrons. The Hall–Kier alpha value is -0.513. The standard InChI is InChI=1S/C11H23NO2Si/c1-8-9(15(5,6)7)12(8)10(13)14-11(2,3)4/h8-9H,1-7H3. The van der Waals surface area contributed by atoms with Crippen LogP contribution in [0, 0.1) is 0 Å². The summed E-state index contributed by atoms with van der Waals surface area (Å²) < 4.78 is 5.37. The van der Waals surface area contributed by atoms with Crippen molar-refractivity contribution < 1.29 is 9.53 Å². The van der Waals surface area contributed by atoms with Gasteiger partial charge in [-0.15, -0.1) is 0 Å². The van der Waals surface area contributed by atoms with E-state index >= 15 is 0 Å². The van der Waals surface area contributed by atoms with E-state index in [2.05, 4.69) is 26.6 Å². The molecule has 1 fully saturated rings. The third kappa shape index (κ3) is 2.97. The van der Waals surface area contributed by atoms with E-state index in [4.69, 9.17) is 4.74 Å². The van der Waals surface area contributed by atoms with E-state index < -0.39 is 8.07 Å². The van der Waals surface area contributed by atoms with Crippen molar-refractivity contribution in [3.63, 3.8) is 0 Å². The van der Waals surface area contributed by atoms with Crippen molar-refractivity contribution >= 4 is 14.2 Å². The second kappa shape index (κ2) is 3.51. The SMILES string of the molecule is CC1C([Si](C)(C)C)N1C(=O)OC(C)(C)C. The molecule has 0 aromatic carbocycles. The van der Waals surface area contributed by atoms with Gasteiger partial charge in [-0.05, 0) is 27.7 Å². The summed E-state index contributed by atoms with van der Waals surface area (Å²) in [6.45, 7) is 14.7. The van der Waals surface area contributed by atoms with E-state index in [-0.39, 0.29) is 11.7 Å². The molecule has 0 aromatic rings. The first-order valence-corrected chi connectivity index (χ1v) is 9.13. The Morgan fingerprint density at radius 1 is 1.27 bits per heavy atom. The Labute approximate surface area is 93.8 Å². The number of rotatable bonds is 1. The molecule has 15 heavy (non-hydrogen) atoms. The van der Waals surface area contributed by atoms with Crippen LogP contribution in [-0.2, 0) is 4.74 Å². The van der Waals surface area contributed by atoms with Gasteiger partial charge in [0, 0.05) is 5.67 Å². The fourth-order valence-corrected chi connectivity index (χ4v) is 4.78. The highest BCUT2D eigenvalue weighted by molar-refractivity contribution is 6.78. The monoisotopic (exact) mass is 229 g/mol. The van der Waals surface area contributed by atoms with E-state index in [0.717, 1.165) is 0 Å². The number of nitrogens with zero attached hydrogens (tertiary/aromatic N) is 1. The molecule has 0 bridgehead atoms. The van der Waals surface area contributed by atoms with Crippen LogP contribution in [0.1, 0.15) is 27.7 Å². The van der Waals surface area contributed by atoms with E-state index in [1.165, 1.54) is 0 Å². The molecule has 1 saturated heterocycles. The maximum atomic E-state index is 11.8. The summed E-state index contributed by atoms with van der Waals surface area (Å²) in [5.41, 5.74) is 0.0657. The van der Waals surface area contributed by atoms with Gasteiger partial charge >= 0.3 is 6.09 Å². The van der Waals surface area contributed by atoms with Crippen LogP contribution in [0.15, 0.2) is 0 Å². The lowest BCUT2D eigenvalue weighted by molar-refractivity contribution is 0.0403. The van der Waals surface area contributed by atoms with E-state index in [1.54, 1.807) is 0 Å². The maximum absolute atomic E-state index is 11.8. The zero-order valence-electron chi connectivity index (χ0n) is 10.9. The molecule has 88 valence electrons. The Morgan fingerprint density at radius 2 is 1.73 bits per heavy atom.